The number of nitrogens with zero attached hydrogens (tertiary/aromatic N) is 1. The Balaban J connectivity index is 1.53. The van der Waals surface area contributed by atoms with Gasteiger partial charge in [0.25, 0.3) is 0 Å². The zero-order valence-corrected chi connectivity index (χ0v) is 14.7. The number of likely N-dealkylation sites (tertiary alicyclic amines) is 1. The fourth-order valence-corrected chi connectivity index (χ4v) is 4.13. The van der Waals surface area contributed by atoms with Crippen molar-refractivity contribution in [2.45, 2.75) is 31.3 Å². The van der Waals surface area contributed by atoms with Gasteiger partial charge in [-0.1, -0.05) is 48.5 Å². The molecule has 2 N–H and O–H groups in total. The number of benzene rings is 2. The lowest BCUT2D eigenvalue weighted by atomic mass is 9.98. The van der Waals surface area contributed by atoms with Crippen molar-refractivity contribution in [3.8, 4) is 11.1 Å². The highest BCUT2D eigenvalue weighted by Crippen LogP contribution is 2.44. The van der Waals surface area contributed by atoms with Crippen LogP contribution in [0.1, 0.15) is 30.4 Å². The van der Waals surface area contributed by atoms with Crippen molar-refractivity contribution >= 4 is 11.9 Å². The van der Waals surface area contributed by atoms with E-state index in [4.69, 9.17) is 10.5 Å². The molecular weight excluding hydrogens is 328 g/mol. The average Bonchev–Trinajstić information content (AvgIpc) is 3.18. The molecule has 2 aromatic rings. The normalized spacial score (nSPS) is 21.4. The quantitative estimate of drug-likeness (QED) is 0.924. The SMILES string of the molecule is CC(=O)[C@@H]1C[C@@H](N)CN1C(=O)OCC1c2ccccc2-c2ccccc21. The number of hydrogen-bond donors (Lipinski definition) is 1. The van der Waals surface area contributed by atoms with Crippen LogP contribution in [-0.2, 0) is 9.53 Å². The highest BCUT2D eigenvalue weighted by Gasteiger charge is 2.38. The molecule has 0 aromatic heterocycles. The van der Waals surface area contributed by atoms with E-state index in [-0.39, 0.29) is 24.3 Å². The van der Waals surface area contributed by atoms with E-state index in [0.29, 0.717) is 13.0 Å². The summed E-state index contributed by atoms with van der Waals surface area (Å²) in [5.74, 6) is -0.0372. The van der Waals surface area contributed by atoms with E-state index in [2.05, 4.69) is 24.3 Å². The fraction of sp³-hybridized carbons (Fsp3) is 0.333. The van der Waals surface area contributed by atoms with Gasteiger partial charge in [-0.15, -0.1) is 0 Å². The number of carbonyl (C=O) groups is 2. The summed E-state index contributed by atoms with van der Waals surface area (Å²) in [4.78, 5) is 25.8. The molecule has 0 saturated carbocycles. The van der Waals surface area contributed by atoms with Crippen LogP contribution in [0.5, 0.6) is 0 Å². The highest BCUT2D eigenvalue weighted by molar-refractivity contribution is 5.86. The highest BCUT2D eigenvalue weighted by atomic mass is 16.6. The first-order chi connectivity index (χ1) is 12.6. The second-order valence-electron chi connectivity index (χ2n) is 7.08. The van der Waals surface area contributed by atoms with Crippen LogP contribution in [0.3, 0.4) is 0 Å². The van der Waals surface area contributed by atoms with Gasteiger partial charge in [-0.05, 0) is 35.6 Å². The number of carbonyl (C=O) groups excluding carboxylic acids is 2. The maximum Gasteiger partial charge on any atom is 0.410 e. The molecule has 1 amide bonds. The van der Waals surface area contributed by atoms with Gasteiger partial charge in [0, 0.05) is 18.5 Å². The Morgan fingerprint density at radius 3 is 2.23 bits per heavy atom. The van der Waals surface area contributed by atoms with Crippen LogP contribution in [0, 0.1) is 0 Å². The molecule has 1 saturated heterocycles. The number of rotatable bonds is 3. The van der Waals surface area contributed by atoms with E-state index in [1.54, 1.807) is 0 Å². The van der Waals surface area contributed by atoms with Crippen LogP contribution >= 0.6 is 0 Å². The van der Waals surface area contributed by atoms with Crippen LogP contribution in [0.2, 0.25) is 0 Å². The van der Waals surface area contributed by atoms with Gasteiger partial charge in [0.2, 0.25) is 0 Å². The molecule has 2 aromatic carbocycles. The largest absolute Gasteiger partial charge is 0.448 e. The molecule has 4 rings (SSSR count). The van der Waals surface area contributed by atoms with Gasteiger partial charge in [-0.2, -0.15) is 0 Å². The molecular formula is C21H22N2O3. The van der Waals surface area contributed by atoms with Crippen LogP contribution < -0.4 is 5.73 Å². The molecule has 134 valence electrons. The summed E-state index contributed by atoms with van der Waals surface area (Å²) in [5.41, 5.74) is 10.7. The molecule has 1 heterocycles. The van der Waals surface area contributed by atoms with Gasteiger partial charge in [0.05, 0.1) is 6.04 Å². The minimum Gasteiger partial charge on any atom is -0.448 e. The van der Waals surface area contributed by atoms with Gasteiger partial charge in [0.1, 0.15) is 6.61 Å². The number of nitrogens with two attached hydrogens (primary N) is 1. The first-order valence-corrected chi connectivity index (χ1v) is 8.94. The Kier molecular flexibility index (Phi) is 4.24. The van der Waals surface area contributed by atoms with Crippen molar-refractivity contribution in [1.29, 1.82) is 0 Å². The van der Waals surface area contributed by atoms with Crippen LogP contribution in [0.4, 0.5) is 4.79 Å². The van der Waals surface area contributed by atoms with Crippen LogP contribution in [-0.4, -0.2) is 42.0 Å². The molecule has 1 aliphatic carbocycles. The lowest BCUT2D eigenvalue weighted by molar-refractivity contribution is -0.120. The van der Waals surface area contributed by atoms with Crippen molar-refractivity contribution in [3.05, 3.63) is 59.7 Å². The van der Waals surface area contributed by atoms with Crippen molar-refractivity contribution in [1.82, 2.24) is 4.90 Å². The topological polar surface area (TPSA) is 72.6 Å². The fourth-order valence-electron chi connectivity index (χ4n) is 4.13. The minimum atomic E-state index is -0.472. The summed E-state index contributed by atoms with van der Waals surface area (Å²) >= 11 is 0. The molecule has 0 bridgehead atoms. The van der Waals surface area contributed by atoms with Gasteiger partial charge < -0.3 is 10.5 Å². The monoisotopic (exact) mass is 350 g/mol. The molecule has 1 aliphatic heterocycles. The van der Waals surface area contributed by atoms with E-state index in [1.165, 1.54) is 34.1 Å². The number of hydrogen-bond acceptors (Lipinski definition) is 4. The molecule has 0 radical (unpaired) electrons. The third kappa shape index (κ3) is 2.78. The van der Waals surface area contributed by atoms with Gasteiger partial charge >= 0.3 is 6.09 Å². The Labute approximate surface area is 152 Å². The number of amides is 1. The average molecular weight is 350 g/mol. The number of Topliss-reactive ketones (excluding diaryl/α,β-unsaturated/α-hetero) is 1. The zero-order chi connectivity index (χ0) is 18.3. The summed E-state index contributed by atoms with van der Waals surface area (Å²) < 4.78 is 5.63. The third-order valence-electron chi connectivity index (χ3n) is 5.37. The summed E-state index contributed by atoms with van der Waals surface area (Å²) in [6, 6.07) is 15.8. The Bertz CT molecular complexity index is 818. The van der Waals surface area contributed by atoms with Crippen LogP contribution in [0.25, 0.3) is 11.1 Å². The molecule has 0 unspecified atom stereocenters. The number of ketones is 1. The third-order valence-corrected chi connectivity index (χ3v) is 5.37. The number of fused-ring (bicyclic) bond motifs is 3. The van der Waals surface area contributed by atoms with E-state index in [0.717, 1.165) is 0 Å². The van der Waals surface area contributed by atoms with Gasteiger partial charge in [-0.25, -0.2) is 4.79 Å². The van der Waals surface area contributed by atoms with E-state index in [9.17, 15) is 9.59 Å². The summed E-state index contributed by atoms with van der Waals surface area (Å²) in [6.07, 6.45) is 0.0412. The first kappa shape index (κ1) is 16.8. The maximum absolute atomic E-state index is 12.6. The van der Waals surface area contributed by atoms with Gasteiger partial charge in [0.15, 0.2) is 5.78 Å². The van der Waals surface area contributed by atoms with Crippen molar-refractivity contribution < 1.29 is 14.3 Å². The molecule has 2 atom stereocenters. The second-order valence-corrected chi connectivity index (χ2v) is 7.08. The second kappa shape index (κ2) is 6.57. The Morgan fingerprint density at radius 1 is 1.08 bits per heavy atom. The Hall–Kier alpha value is -2.66. The van der Waals surface area contributed by atoms with E-state index >= 15 is 0 Å². The van der Waals surface area contributed by atoms with Gasteiger partial charge in [-0.3, -0.25) is 9.69 Å². The molecule has 0 spiro atoms. The maximum atomic E-state index is 12.6. The van der Waals surface area contributed by atoms with E-state index < -0.39 is 12.1 Å². The molecule has 5 heteroatoms. The minimum absolute atomic E-state index is 0.0124. The standard InChI is InChI=1S/C21H22N2O3/c1-13(24)20-10-14(22)11-23(20)21(25)26-12-19-17-8-4-2-6-15(17)16-7-3-5-9-18(16)19/h2-9,14,19-20H,10-12,22H2,1H3/t14-,20+/m1/s1. The number of ether oxygens (including phenoxy) is 1. The van der Waals surface area contributed by atoms with Crippen molar-refractivity contribution in [2.75, 3.05) is 13.2 Å². The first-order valence-electron chi connectivity index (χ1n) is 8.94. The molecule has 2 aliphatic rings. The lowest BCUT2D eigenvalue weighted by Crippen LogP contribution is -2.40. The zero-order valence-electron chi connectivity index (χ0n) is 14.7. The predicted molar refractivity (Wildman–Crippen MR) is 98.8 cm³/mol. The lowest BCUT2D eigenvalue weighted by Gasteiger charge is -2.23. The van der Waals surface area contributed by atoms with Crippen molar-refractivity contribution in [3.63, 3.8) is 0 Å². The van der Waals surface area contributed by atoms with Crippen LogP contribution in [0.15, 0.2) is 48.5 Å². The molecule has 1 fully saturated rings. The van der Waals surface area contributed by atoms with E-state index in [1.807, 2.05) is 24.3 Å². The summed E-state index contributed by atoms with van der Waals surface area (Å²) in [5, 5.41) is 0. The smallest absolute Gasteiger partial charge is 0.410 e. The predicted octanol–water partition coefficient (Wildman–Crippen LogP) is 2.93. The summed E-state index contributed by atoms with van der Waals surface area (Å²) in [7, 11) is 0. The van der Waals surface area contributed by atoms with Crippen molar-refractivity contribution in [2.24, 2.45) is 5.73 Å². The molecule has 5 nitrogen and oxygen atoms in total. The summed E-state index contributed by atoms with van der Waals surface area (Å²) in [6.45, 7) is 2.11. The molecule has 26 heavy (non-hydrogen) atoms. The Morgan fingerprint density at radius 2 is 1.65 bits per heavy atom.